The van der Waals surface area contributed by atoms with Gasteiger partial charge in [-0.1, -0.05) is 17.4 Å². The lowest BCUT2D eigenvalue weighted by Crippen LogP contribution is -2.31. The highest BCUT2D eigenvalue weighted by molar-refractivity contribution is 7.22. The number of para-hydroxylation sites is 1. The summed E-state index contributed by atoms with van der Waals surface area (Å²) in [5.41, 5.74) is 0.562. The molecule has 3 aromatic rings. The molecule has 0 aliphatic rings. The number of rotatable bonds is 4. The van der Waals surface area contributed by atoms with Gasteiger partial charge in [0.25, 0.3) is 5.91 Å². The van der Waals surface area contributed by atoms with Gasteiger partial charge in [0.05, 0.1) is 16.9 Å². The number of benzene rings is 1. The molecule has 2 amide bonds. The third kappa shape index (κ3) is 3.36. The van der Waals surface area contributed by atoms with Crippen LogP contribution in [0.3, 0.4) is 0 Å². The molecule has 2 N–H and O–H groups in total. The van der Waals surface area contributed by atoms with Gasteiger partial charge in [-0.25, -0.2) is 14.2 Å². The molecule has 0 spiro atoms. The summed E-state index contributed by atoms with van der Waals surface area (Å²) in [7, 11) is 0. The maximum atomic E-state index is 13.7. The van der Waals surface area contributed by atoms with Gasteiger partial charge in [0, 0.05) is 0 Å². The molecule has 9 heteroatoms. The smallest absolute Gasteiger partial charge is 0.414 e. The topological polar surface area (TPSA) is 80.3 Å². The van der Waals surface area contributed by atoms with Gasteiger partial charge in [-0.05, 0) is 30.5 Å². The van der Waals surface area contributed by atoms with Crippen LogP contribution in [0, 0.1) is 5.82 Å². The van der Waals surface area contributed by atoms with Crippen LogP contribution in [0.25, 0.3) is 10.2 Å². The average molecular weight is 365 g/mol. The summed E-state index contributed by atoms with van der Waals surface area (Å²) in [6.45, 7) is 1.82. The molecule has 0 saturated carbocycles. The van der Waals surface area contributed by atoms with Gasteiger partial charge in [0.2, 0.25) is 0 Å². The van der Waals surface area contributed by atoms with Gasteiger partial charge in [0.1, 0.15) is 16.3 Å². The molecule has 0 atom stereocenters. The number of aromatic nitrogens is 1. The van der Waals surface area contributed by atoms with Crippen LogP contribution < -0.4 is 10.6 Å². The number of thiophene rings is 1. The first-order valence-electron chi connectivity index (χ1n) is 6.96. The van der Waals surface area contributed by atoms with Crippen molar-refractivity contribution in [3.05, 3.63) is 41.0 Å². The number of hydrogen-bond acceptors (Lipinski definition) is 7. The fourth-order valence-electron chi connectivity index (χ4n) is 1.98. The van der Waals surface area contributed by atoms with Gasteiger partial charge in [-0.2, -0.15) is 0 Å². The number of imide groups is 1. The summed E-state index contributed by atoms with van der Waals surface area (Å²) < 4.78 is 19.1. The summed E-state index contributed by atoms with van der Waals surface area (Å²) in [6, 6.07) is 6.30. The Hall–Kier alpha value is -2.52. The molecule has 3 rings (SSSR count). The Kier molecular flexibility index (Phi) is 4.72. The average Bonchev–Trinajstić information content (AvgIpc) is 3.15. The lowest BCUT2D eigenvalue weighted by atomic mass is 10.3. The Labute approximate surface area is 144 Å². The third-order valence-corrected chi connectivity index (χ3v) is 4.76. The second-order valence-electron chi connectivity index (χ2n) is 4.57. The monoisotopic (exact) mass is 365 g/mol. The lowest BCUT2D eigenvalue weighted by Gasteiger charge is -2.05. The van der Waals surface area contributed by atoms with Crippen LogP contribution in [0.15, 0.2) is 29.6 Å². The summed E-state index contributed by atoms with van der Waals surface area (Å²) in [5, 5.41) is 7.81. The quantitative estimate of drug-likeness (QED) is 0.727. The Balaban J connectivity index is 1.80. The van der Waals surface area contributed by atoms with Crippen molar-refractivity contribution in [2.24, 2.45) is 0 Å². The zero-order chi connectivity index (χ0) is 17.1. The molecule has 2 heterocycles. The lowest BCUT2D eigenvalue weighted by molar-refractivity contribution is 0.0926. The maximum Gasteiger partial charge on any atom is 0.414 e. The van der Waals surface area contributed by atoms with Crippen LogP contribution in [-0.2, 0) is 4.74 Å². The van der Waals surface area contributed by atoms with Crippen molar-refractivity contribution in [2.45, 2.75) is 6.92 Å². The van der Waals surface area contributed by atoms with E-state index in [1.807, 2.05) is 0 Å². The number of fused-ring (bicyclic) bond motifs is 1. The molecule has 0 aliphatic heterocycles. The number of hydrogen-bond donors (Lipinski definition) is 2. The highest BCUT2D eigenvalue weighted by atomic mass is 32.1. The molecular formula is C15H12FN3O3S2. The van der Waals surface area contributed by atoms with E-state index in [0.717, 1.165) is 0 Å². The van der Waals surface area contributed by atoms with Gasteiger partial charge in [0.15, 0.2) is 5.13 Å². The molecule has 0 unspecified atom stereocenters. The number of carbonyl (C=O) groups is 2. The highest BCUT2D eigenvalue weighted by Gasteiger charge is 2.17. The largest absolute Gasteiger partial charge is 0.450 e. The van der Waals surface area contributed by atoms with E-state index >= 15 is 0 Å². The molecule has 0 radical (unpaired) electrons. The first kappa shape index (κ1) is 16.3. The summed E-state index contributed by atoms with van der Waals surface area (Å²) in [6.07, 6.45) is -0.804. The number of carbonyl (C=O) groups excluding carboxylic acids is 2. The van der Waals surface area contributed by atoms with Crippen molar-refractivity contribution >= 4 is 55.0 Å². The van der Waals surface area contributed by atoms with Crippen molar-refractivity contribution in [2.75, 3.05) is 11.9 Å². The number of alkyl carbamates (subject to hydrolysis) is 1. The van der Waals surface area contributed by atoms with Gasteiger partial charge < -0.3 is 10.1 Å². The van der Waals surface area contributed by atoms with E-state index in [0.29, 0.717) is 14.8 Å². The molecule has 0 saturated heterocycles. The van der Waals surface area contributed by atoms with Crippen LogP contribution in [0.2, 0.25) is 0 Å². The normalized spacial score (nSPS) is 10.6. The van der Waals surface area contributed by atoms with Crippen molar-refractivity contribution in [3.8, 4) is 0 Å². The van der Waals surface area contributed by atoms with Gasteiger partial charge in [-0.3, -0.25) is 10.1 Å². The number of anilines is 2. The number of halogens is 1. The molecule has 124 valence electrons. The zero-order valence-corrected chi connectivity index (χ0v) is 14.1. The first-order valence-corrected chi connectivity index (χ1v) is 8.65. The van der Waals surface area contributed by atoms with Crippen LogP contribution in [0.1, 0.15) is 17.3 Å². The van der Waals surface area contributed by atoms with Crippen LogP contribution >= 0.6 is 22.7 Å². The predicted octanol–water partition coefficient (Wildman–Crippen LogP) is 4.13. The molecule has 0 bridgehead atoms. The molecule has 2 aromatic heterocycles. The zero-order valence-electron chi connectivity index (χ0n) is 12.5. The standard InChI is InChI=1S/C15H12FN3O3S2/c1-2-22-15(21)18-12(20)8-6-7-23-13(8)19-14-17-11-9(16)4-3-5-10(11)24-14/h3-7H,2H2,1H3,(H,17,19)(H,18,20,21). The summed E-state index contributed by atoms with van der Waals surface area (Å²) >= 11 is 2.55. The Morgan fingerprint density at radius 3 is 2.92 bits per heavy atom. The Morgan fingerprint density at radius 1 is 1.33 bits per heavy atom. The van der Waals surface area contributed by atoms with Crippen molar-refractivity contribution in [3.63, 3.8) is 0 Å². The highest BCUT2D eigenvalue weighted by Crippen LogP contribution is 2.33. The van der Waals surface area contributed by atoms with E-state index < -0.39 is 17.8 Å². The Bertz CT molecular complexity index is 906. The molecule has 0 aliphatic carbocycles. The van der Waals surface area contributed by atoms with Gasteiger partial charge in [-0.15, -0.1) is 11.3 Å². The fraction of sp³-hybridized carbons (Fsp3) is 0.133. The van der Waals surface area contributed by atoms with Crippen LogP contribution in [-0.4, -0.2) is 23.6 Å². The van der Waals surface area contributed by atoms with E-state index in [1.54, 1.807) is 30.5 Å². The molecular weight excluding hydrogens is 353 g/mol. The van der Waals surface area contributed by atoms with Crippen LogP contribution in [0.4, 0.5) is 19.3 Å². The second kappa shape index (κ2) is 6.93. The van der Waals surface area contributed by atoms with Crippen LogP contribution in [0.5, 0.6) is 0 Å². The van der Waals surface area contributed by atoms with Crippen molar-refractivity contribution in [1.29, 1.82) is 0 Å². The van der Waals surface area contributed by atoms with E-state index in [9.17, 15) is 14.0 Å². The maximum absolute atomic E-state index is 13.7. The minimum absolute atomic E-state index is 0.172. The molecule has 1 aromatic carbocycles. The number of ether oxygens (including phenoxy) is 1. The minimum Gasteiger partial charge on any atom is -0.450 e. The van der Waals surface area contributed by atoms with Gasteiger partial charge >= 0.3 is 6.09 Å². The SMILES string of the molecule is CCOC(=O)NC(=O)c1ccsc1Nc1nc2c(F)cccc2s1. The summed E-state index contributed by atoms with van der Waals surface area (Å²) in [5.74, 6) is -0.979. The molecule has 0 fully saturated rings. The van der Waals surface area contributed by atoms with E-state index in [2.05, 4.69) is 20.4 Å². The van der Waals surface area contributed by atoms with Crippen molar-refractivity contribution in [1.82, 2.24) is 10.3 Å². The molecule has 24 heavy (non-hydrogen) atoms. The van der Waals surface area contributed by atoms with Crippen molar-refractivity contribution < 1.29 is 18.7 Å². The fourth-order valence-corrected chi connectivity index (χ4v) is 3.71. The minimum atomic E-state index is -0.804. The molecule has 6 nitrogen and oxygen atoms in total. The number of nitrogens with zero attached hydrogens (tertiary/aromatic N) is 1. The first-order chi connectivity index (χ1) is 11.6. The predicted molar refractivity (Wildman–Crippen MR) is 91.7 cm³/mol. The second-order valence-corrected chi connectivity index (χ2v) is 6.52. The number of amides is 2. The number of thiazole rings is 1. The van der Waals surface area contributed by atoms with E-state index in [4.69, 9.17) is 0 Å². The van der Waals surface area contributed by atoms with E-state index in [-0.39, 0.29) is 17.7 Å². The van der Waals surface area contributed by atoms with E-state index in [1.165, 1.54) is 28.7 Å². The number of nitrogens with one attached hydrogen (secondary N) is 2. The summed E-state index contributed by atoms with van der Waals surface area (Å²) in [4.78, 5) is 27.6. The third-order valence-electron chi connectivity index (χ3n) is 2.99. The Morgan fingerprint density at radius 2 is 2.17 bits per heavy atom.